The summed E-state index contributed by atoms with van der Waals surface area (Å²) in [7, 11) is 0. The minimum atomic E-state index is -0.217. The van der Waals surface area contributed by atoms with Gasteiger partial charge in [0.1, 0.15) is 16.9 Å². The van der Waals surface area contributed by atoms with Gasteiger partial charge in [-0.1, -0.05) is 6.07 Å². The molecule has 2 aromatic heterocycles. The number of benzene rings is 1. The number of pyridine rings is 1. The van der Waals surface area contributed by atoms with Crippen LogP contribution in [0, 0.1) is 12.7 Å². The molecule has 4 nitrogen and oxygen atoms in total. The van der Waals surface area contributed by atoms with Gasteiger partial charge < -0.3 is 4.74 Å². The number of hydrogen-bond acceptors (Lipinski definition) is 5. The zero-order valence-electron chi connectivity index (χ0n) is 13.4. The van der Waals surface area contributed by atoms with E-state index in [2.05, 4.69) is 14.9 Å². The number of nitrogens with zero attached hydrogens (tertiary/aromatic N) is 3. The Balaban J connectivity index is 1.57. The maximum absolute atomic E-state index is 13.9. The third-order valence-corrected chi connectivity index (χ3v) is 5.26. The average Bonchev–Trinajstić information content (AvgIpc) is 3.01. The molecule has 1 fully saturated rings. The molecule has 0 bridgehead atoms. The Bertz CT molecular complexity index is 866. The molecule has 3 aromatic rings. The highest BCUT2D eigenvalue weighted by atomic mass is 32.1. The maximum atomic E-state index is 13.9. The molecule has 4 rings (SSSR count). The number of fused-ring (bicyclic) bond motifs is 1. The van der Waals surface area contributed by atoms with Crippen LogP contribution in [0.3, 0.4) is 0 Å². The Hall–Kier alpha value is -1.89. The summed E-state index contributed by atoms with van der Waals surface area (Å²) < 4.78 is 19.8. The molecule has 1 aromatic carbocycles. The lowest BCUT2D eigenvalue weighted by Gasteiger charge is -2.32. The summed E-state index contributed by atoms with van der Waals surface area (Å²) >= 11 is 1.63. The lowest BCUT2D eigenvalue weighted by molar-refractivity contribution is -0.0329. The van der Waals surface area contributed by atoms with Crippen molar-refractivity contribution < 1.29 is 9.13 Å². The minimum absolute atomic E-state index is 0.00904. The maximum Gasteiger partial charge on any atom is 0.124 e. The topological polar surface area (TPSA) is 38.2 Å². The van der Waals surface area contributed by atoms with E-state index in [0.29, 0.717) is 13.2 Å². The van der Waals surface area contributed by atoms with Crippen LogP contribution >= 0.6 is 11.3 Å². The van der Waals surface area contributed by atoms with E-state index in [1.807, 2.05) is 24.4 Å². The molecule has 6 heteroatoms. The van der Waals surface area contributed by atoms with Crippen LogP contribution < -0.4 is 0 Å². The number of thiazole rings is 1. The number of morpholine rings is 1. The summed E-state index contributed by atoms with van der Waals surface area (Å²) in [5.74, 6) is -0.217. The molecule has 1 aliphatic rings. The van der Waals surface area contributed by atoms with Crippen molar-refractivity contribution in [2.45, 2.75) is 19.6 Å². The molecule has 3 heterocycles. The van der Waals surface area contributed by atoms with Crippen molar-refractivity contribution in [1.29, 1.82) is 0 Å². The molecule has 24 heavy (non-hydrogen) atoms. The van der Waals surface area contributed by atoms with Crippen molar-refractivity contribution in [2.75, 3.05) is 19.7 Å². The zero-order chi connectivity index (χ0) is 16.5. The predicted molar refractivity (Wildman–Crippen MR) is 92.5 cm³/mol. The van der Waals surface area contributed by atoms with Gasteiger partial charge in [0.15, 0.2) is 0 Å². The fourth-order valence-corrected chi connectivity index (χ4v) is 3.94. The van der Waals surface area contributed by atoms with E-state index < -0.39 is 0 Å². The fraction of sp³-hybridized carbons (Fsp3) is 0.333. The van der Waals surface area contributed by atoms with Crippen LogP contribution in [0.4, 0.5) is 4.39 Å². The lowest BCUT2D eigenvalue weighted by atomic mass is 10.1. The Labute approximate surface area is 143 Å². The molecule has 0 saturated carbocycles. The molecule has 0 amide bonds. The van der Waals surface area contributed by atoms with Gasteiger partial charge >= 0.3 is 0 Å². The molecule has 0 spiro atoms. The van der Waals surface area contributed by atoms with Crippen molar-refractivity contribution in [3.8, 4) is 0 Å². The molecule has 0 aliphatic carbocycles. The summed E-state index contributed by atoms with van der Waals surface area (Å²) in [5.41, 5.74) is 2.81. The number of ether oxygens (including phenoxy) is 1. The monoisotopic (exact) mass is 343 g/mol. The molecule has 1 unspecified atom stereocenters. The Morgan fingerprint density at radius 3 is 3.17 bits per heavy atom. The fourth-order valence-electron chi connectivity index (χ4n) is 3.10. The van der Waals surface area contributed by atoms with Gasteiger partial charge in [-0.2, -0.15) is 0 Å². The van der Waals surface area contributed by atoms with Crippen molar-refractivity contribution in [3.05, 3.63) is 57.9 Å². The van der Waals surface area contributed by atoms with Crippen LogP contribution in [0.1, 0.15) is 22.4 Å². The molecule has 124 valence electrons. The molecule has 0 N–H and O–H groups in total. The molecule has 1 aliphatic heterocycles. The Morgan fingerprint density at radius 1 is 1.42 bits per heavy atom. The van der Waals surface area contributed by atoms with E-state index in [4.69, 9.17) is 4.74 Å². The second kappa shape index (κ2) is 6.55. The van der Waals surface area contributed by atoms with E-state index in [1.165, 1.54) is 6.07 Å². The largest absolute Gasteiger partial charge is 0.368 e. The highest BCUT2D eigenvalue weighted by molar-refractivity contribution is 7.09. The SMILES string of the molecule is Cc1csc(C2CN(Cc3cc(F)cc4cccnc34)CCO2)n1. The van der Waals surface area contributed by atoms with Gasteiger partial charge in [-0.3, -0.25) is 9.88 Å². The van der Waals surface area contributed by atoms with Gasteiger partial charge in [-0.15, -0.1) is 11.3 Å². The lowest BCUT2D eigenvalue weighted by Crippen LogP contribution is -2.37. The normalized spacial score (nSPS) is 19.0. The molecule has 0 radical (unpaired) electrons. The van der Waals surface area contributed by atoms with Crippen molar-refractivity contribution >= 4 is 22.2 Å². The predicted octanol–water partition coefficient (Wildman–Crippen LogP) is 3.71. The van der Waals surface area contributed by atoms with Crippen LogP contribution in [-0.4, -0.2) is 34.6 Å². The van der Waals surface area contributed by atoms with Gasteiger partial charge in [0, 0.05) is 42.3 Å². The first-order valence-electron chi connectivity index (χ1n) is 7.98. The van der Waals surface area contributed by atoms with Gasteiger partial charge in [-0.05, 0) is 30.7 Å². The first-order valence-corrected chi connectivity index (χ1v) is 8.86. The van der Waals surface area contributed by atoms with Gasteiger partial charge in [0.2, 0.25) is 0 Å². The summed E-state index contributed by atoms with van der Waals surface area (Å²) in [6.07, 6.45) is 1.75. The van der Waals surface area contributed by atoms with Gasteiger partial charge in [0.25, 0.3) is 0 Å². The van der Waals surface area contributed by atoms with Crippen LogP contribution in [0.15, 0.2) is 35.8 Å². The number of aromatic nitrogens is 2. The van der Waals surface area contributed by atoms with Crippen LogP contribution in [0.2, 0.25) is 0 Å². The third-order valence-electron chi connectivity index (χ3n) is 4.21. The van der Waals surface area contributed by atoms with Crippen LogP contribution in [-0.2, 0) is 11.3 Å². The molecular formula is C18H18FN3OS. The van der Waals surface area contributed by atoms with E-state index in [9.17, 15) is 4.39 Å². The highest BCUT2D eigenvalue weighted by Gasteiger charge is 2.24. The van der Waals surface area contributed by atoms with Crippen molar-refractivity contribution in [1.82, 2.24) is 14.9 Å². The number of rotatable bonds is 3. The molecule has 1 atom stereocenters. The van der Waals surface area contributed by atoms with Gasteiger partial charge in [0.05, 0.1) is 12.1 Å². The number of aryl methyl sites for hydroxylation is 1. The van der Waals surface area contributed by atoms with E-state index in [1.54, 1.807) is 23.6 Å². The summed E-state index contributed by atoms with van der Waals surface area (Å²) in [6.45, 7) is 4.90. The van der Waals surface area contributed by atoms with Crippen molar-refractivity contribution in [3.63, 3.8) is 0 Å². The third kappa shape index (κ3) is 3.17. The van der Waals surface area contributed by atoms with E-state index in [-0.39, 0.29) is 11.9 Å². The second-order valence-electron chi connectivity index (χ2n) is 6.06. The number of halogens is 1. The minimum Gasteiger partial charge on any atom is -0.368 e. The Morgan fingerprint density at radius 2 is 2.33 bits per heavy atom. The summed E-state index contributed by atoms with van der Waals surface area (Å²) in [6, 6.07) is 6.86. The van der Waals surface area contributed by atoms with Crippen molar-refractivity contribution in [2.24, 2.45) is 0 Å². The van der Waals surface area contributed by atoms with Crippen LogP contribution in [0.25, 0.3) is 10.9 Å². The first kappa shape index (κ1) is 15.6. The van der Waals surface area contributed by atoms with E-state index >= 15 is 0 Å². The quantitative estimate of drug-likeness (QED) is 0.727. The smallest absolute Gasteiger partial charge is 0.124 e. The zero-order valence-corrected chi connectivity index (χ0v) is 14.2. The van der Waals surface area contributed by atoms with Crippen LogP contribution in [0.5, 0.6) is 0 Å². The van der Waals surface area contributed by atoms with E-state index in [0.717, 1.165) is 40.3 Å². The summed E-state index contributed by atoms with van der Waals surface area (Å²) in [4.78, 5) is 11.3. The second-order valence-corrected chi connectivity index (χ2v) is 6.95. The standard InChI is InChI=1S/C18H18FN3OS/c1-12-11-24-18(21-12)16-10-22(5-6-23-16)9-14-8-15(19)7-13-3-2-4-20-17(13)14/h2-4,7-8,11,16H,5-6,9-10H2,1H3. The van der Waals surface area contributed by atoms with Gasteiger partial charge in [-0.25, -0.2) is 9.37 Å². The average molecular weight is 343 g/mol. The Kier molecular flexibility index (Phi) is 4.26. The summed E-state index contributed by atoms with van der Waals surface area (Å²) in [5, 5.41) is 3.90. The number of hydrogen-bond donors (Lipinski definition) is 0. The highest BCUT2D eigenvalue weighted by Crippen LogP contribution is 2.27. The first-order chi connectivity index (χ1) is 11.7. The molecule has 1 saturated heterocycles. The molecular weight excluding hydrogens is 325 g/mol.